The lowest BCUT2D eigenvalue weighted by Crippen LogP contribution is -2.51. The third kappa shape index (κ3) is 4.32. The van der Waals surface area contributed by atoms with E-state index in [4.69, 9.17) is 0 Å². The van der Waals surface area contributed by atoms with Gasteiger partial charge in [-0.1, -0.05) is 13.8 Å². The zero-order chi connectivity index (χ0) is 19.6. The van der Waals surface area contributed by atoms with Crippen LogP contribution in [0.5, 0.6) is 0 Å². The van der Waals surface area contributed by atoms with Crippen molar-refractivity contribution >= 4 is 23.2 Å². The standard InChI is InChI=1S/C21H22F2N2O2/c1-21(2)13(12-19(26)24-16-7-3-14(22)4-8-16)11-18(21)20(27)25-17-9-5-15(23)6-10-17/h3-10,13,18H,11-12H2,1-2H3,(H,24,26)(H,25,27)/t13-,18-/m0/s1. The van der Waals surface area contributed by atoms with Gasteiger partial charge in [0.1, 0.15) is 11.6 Å². The Kier molecular flexibility index (Phi) is 5.26. The summed E-state index contributed by atoms with van der Waals surface area (Å²) in [6.07, 6.45) is 0.904. The Hall–Kier alpha value is -2.76. The highest BCUT2D eigenvalue weighted by Gasteiger charge is 2.51. The second-order valence-corrected chi connectivity index (χ2v) is 7.56. The van der Waals surface area contributed by atoms with E-state index in [1.807, 2.05) is 13.8 Å². The van der Waals surface area contributed by atoms with E-state index in [1.54, 1.807) is 0 Å². The molecule has 0 heterocycles. The van der Waals surface area contributed by atoms with E-state index in [0.717, 1.165) is 0 Å². The highest BCUT2D eigenvalue weighted by Crippen LogP contribution is 2.53. The summed E-state index contributed by atoms with van der Waals surface area (Å²) in [5.74, 6) is -1.14. The molecule has 1 fully saturated rings. The van der Waals surface area contributed by atoms with Crippen LogP contribution in [0.3, 0.4) is 0 Å². The molecule has 1 aliphatic rings. The van der Waals surface area contributed by atoms with Crippen LogP contribution in [0, 0.1) is 28.9 Å². The second-order valence-electron chi connectivity index (χ2n) is 7.56. The van der Waals surface area contributed by atoms with E-state index < -0.39 is 0 Å². The van der Waals surface area contributed by atoms with Gasteiger partial charge in [-0.3, -0.25) is 9.59 Å². The summed E-state index contributed by atoms with van der Waals surface area (Å²) in [5.41, 5.74) is 0.767. The molecule has 2 aromatic rings. The number of rotatable bonds is 5. The smallest absolute Gasteiger partial charge is 0.228 e. The second kappa shape index (κ2) is 7.47. The average Bonchev–Trinajstić information content (AvgIpc) is 2.62. The Morgan fingerprint density at radius 1 is 0.926 bits per heavy atom. The van der Waals surface area contributed by atoms with Crippen molar-refractivity contribution in [3.05, 3.63) is 60.2 Å². The fraction of sp³-hybridized carbons (Fsp3) is 0.333. The van der Waals surface area contributed by atoms with E-state index in [0.29, 0.717) is 24.2 Å². The van der Waals surface area contributed by atoms with Crippen molar-refractivity contribution in [1.82, 2.24) is 0 Å². The van der Waals surface area contributed by atoms with Crippen LogP contribution >= 0.6 is 0 Å². The predicted octanol–water partition coefficient (Wildman–Crippen LogP) is 4.59. The first-order chi connectivity index (χ1) is 12.8. The van der Waals surface area contributed by atoms with Crippen molar-refractivity contribution in [1.29, 1.82) is 0 Å². The molecule has 1 aliphatic carbocycles. The molecule has 0 aliphatic heterocycles. The maximum Gasteiger partial charge on any atom is 0.228 e. The molecule has 0 radical (unpaired) electrons. The van der Waals surface area contributed by atoms with Crippen LogP contribution in [-0.2, 0) is 9.59 Å². The largest absolute Gasteiger partial charge is 0.326 e. The van der Waals surface area contributed by atoms with Crippen molar-refractivity contribution in [3.63, 3.8) is 0 Å². The fourth-order valence-corrected chi connectivity index (χ4v) is 3.54. The fourth-order valence-electron chi connectivity index (χ4n) is 3.54. The monoisotopic (exact) mass is 372 g/mol. The van der Waals surface area contributed by atoms with E-state index in [1.165, 1.54) is 48.5 Å². The molecule has 2 atom stereocenters. The van der Waals surface area contributed by atoms with Gasteiger partial charge >= 0.3 is 0 Å². The zero-order valence-electron chi connectivity index (χ0n) is 15.3. The summed E-state index contributed by atoms with van der Waals surface area (Å²) in [6.45, 7) is 3.95. The van der Waals surface area contributed by atoms with Crippen molar-refractivity contribution in [2.75, 3.05) is 10.6 Å². The Morgan fingerprint density at radius 2 is 1.41 bits per heavy atom. The average molecular weight is 372 g/mol. The van der Waals surface area contributed by atoms with Gasteiger partial charge in [0.2, 0.25) is 11.8 Å². The van der Waals surface area contributed by atoms with Crippen molar-refractivity contribution in [2.45, 2.75) is 26.7 Å². The molecular weight excluding hydrogens is 350 g/mol. The van der Waals surface area contributed by atoms with Crippen molar-refractivity contribution in [2.24, 2.45) is 17.3 Å². The number of anilines is 2. The first-order valence-corrected chi connectivity index (χ1v) is 8.87. The lowest BCUT2D eigenvalue weighted by Gasteiger charge is -2.51. The predicted molar refractivity (Wildman–Crippen MR) is 100 cm³/mol. The molecule has 27 heavy (non-hydrogen) atoms. The lowest BCUT2D eigenvalue weighted by atomic mass is 9.53. The van der Waals surface area contributed by atoms with Crippen molar-refractivity contribution in [3.8, 4) is 0 Å². The minimum absolute atomic E-state index is 0.0712. The number of amides is 2. The van der Waals surface area contributed by atoms with Crippen molar-refractivity contribution < 1.29 is 18.4 Å². The molecule has 0 bridgehead atoms. The highest BCUT2D eigenvalue weighted by molar-refractivity contribution is 5.94. The number of carbonyl (C=O) groups excluding carboxylic acids is 2. The molecule has 4 nitrogen and oxygen atoms in total. The molecule has 3 rings (SSSR count). The minimum atomic E-state index is -0.358. The van der Waals surface area contributed by atoms with Gasteiger partial charge in [0, 0.05) is 23.7 Å². The maximum atomic E-state index is 13.0. The van der Waals surface area contributed by atoms with E-state index >= 15 is 0 Å². The number of halogens is 2. The molecule has 1 saturated carbocycles. The van der Waals surface area contributed by atoms with E-state index in [2.05, 4.69) is 10.6 Å². The van der Waals surface area contributed by atoms with Crippen LogP contribution in [0.15, 0.2) is 48.5 Å². The number of hydrogen-bond donors (Lipinski definition) is 2. The summed E-state index contributed by atoms with van der Waals surface area (Å²) in [7, 11) is 0. The third-order valence-corrected chi connectivity index (χ3v) is 5.46. The molecule has 2 amide bonds. The summed E-state index contributed by atoms with van der Waals surface area (Å²) in [4.78, 5) is 24.8. The van der Waals surface area contributed by atoms with Crippen LogP contribution in [0.1, 0.15) is 26.7 Å². The number of nitrogens with one attached hydrogen (secondary N) is 2. The quantitative estimate of drug-likeness (QED) is 0.806. The topological polar surface area (TPSA) is 58.2 Å². The third-order valence-electron chi connectivity index (χ3n) is 5.46. The summed E-state index contributed by atoms with van der Waals surface area (Å²) in [6, 6.07) is 11.2. The number of benzene rings is 2. The number of hydrogen-bond acceptors (Lipinski definition) is 2. The number of carbonyl (C=O) groups is 2. The molecule has 6 heteroatoms. The first-order valence-electron chi connectivity index (χ1n) is 8.87. The lowest BCUT2D eigenvalue weighted by molar-refractivity contribution is -0.138. The Labute approximate surface area is 157 Å². The Morgan fingerprint density at radius 3 is 1.89 bits per heavy atom. The summed E-state index contributed by atoms with van der Waals surface area (Å²) < 4.78 is 25.9. The van der Waals surface area contributed by atoms with Gasteiger partial charge in [0.25, 0.3) is 0 Å². The highest BCUT2D eigenvalue weighted by atomic mass is 19.1. The SMILES string of the molecule is CC1(C)[C@H](CC(=O)Nc2ccc(F)cc2)C[C@H]1C(=O)Nc1ccc(F)cc1. The van der Waals surface area contributed by atoms with Gasteiger partial charge in [-0.2, -0.15) is 0 Å². The van der Waals surface area contributed by atoms with Crippen LogP contribution in [0.2, 0.25) is 0 Å². The van der Waals surface area contributed by atoms with E-state index in [-0.39, 0.29) is 40.7 Å². The van der Waals surface area contributed by atoms with Gasteiger partial charge in [0.15, 0.2) is 0 Å². The Balaban J connectivity index is 1.54. The first kappa shape index (κ1) is 19.0. The molecule has 0 spiro atoms. The maximum absolute atomic E-state index is 13.0. The van der Waals surface area contributed by atoms with Gasteiger partial charge in [-0.25, -0.2) is 8.78 Å². The molecule has 2 aromatic carbocycles. The van der Waals surface area contributed by atoms with Crippen LogP contribution in [0.25, 0.3) is 0 Å². The molecule has 142 valence electrons. The molecule has 0 aromatic heterocycles. The minimum Gasteiger partial charge on any atom is -0.326 e. The van der Waals surface area contributed by atoms with E-state index in [9.17, 15) is 18.4 Å². The zero-order valence-corrected chi connectivity index (χ0v) is 15.3. The molecule has 0 saturated heterocycles. The molecule has 0 unspecified atom stereocenters. The molecular formula is C21H22F2N2O2. The van der Waals surface area contributed by atoms with Crippen LogP contribution < -0.4 is 10.6 Å². The summed E-state index contributed by atoms with van der Waals surface area (Å²) in [5, 5.41) is 5.56. The molecule has 2 N–H and O–H groups in total. The van der Waals surface area contributed by atoms with Gasteiger partial charge < -0.3 is 10.6 Å². The summed E-state index contributed by atoms with van der Waals surface area (Å²) >= 11 is 0. The Bertz CT molecular complexity index is 832. The van der Waals surface area contributed by atoms with Crippen LogP contribution in [0.4, 0.5) is 20.2 Å². The van der Waals surface area contributed by atoms with Gasteiger partial charge in [-0.05, 0) is 66.3 Å². The normalized spacial score (nSPS) is 20.4. The van der Waals surface area contributed by atoms with Crippen LogP contribution in [-0.4, -0.2) is 11.8 Å². The van der Waals surface area contributed by atoms with Gasteiger partial charge in [0.05, 0.1) is 0 Å². The van der Waals surface area contributed by atoms with Gasteiger partial charge in [-0.15, -0.1) is 0 Å².